The average molecular weight is 361 g/mol. The van der Waals surface area contributed by atoms with Gasteiger partial charge in [-0.3, -0.25) is 0 Å². The zero-order chi connectivity index (χ0) is 18.1. The Morgan fingerprint density at radius 2 is 1.30 bits per heavy atom. The van der Waals surface area contributed by atoms with E-state index in [4.69, 9.17) is 13.3 Å². The highest BCUT2D eigenvalue weighted by Gasteiger charge is 2.46. The van der Waals surface area contributed by atoms with E-state index >= 15 is 0 Å². The quantitative estimate of drug-likeness (QED) is 0.440. The second-order valence-electron chi connectivity index (χ2n) is 7.60. The summed E-state index contributed by atoms with van der Waals surface area (Å²) in [6, 6.07) is 0. The molecule has 0 rings (SSSR count). The predicted molar refractivity (Wildman–Crippen MR) is 105 cm³/mol. The van der Waals surface area contributed by atoms with Crippen LogP contribution in [0.5, 0.6) is 0 Å². The van der Waals surface area contributed by atoms with Crippen molar-refractivity contribution in [3.05, 3.63) is 10.9 Å². The van der Waals surface area contributed by atoms with Crippen LogP contribution in [0.4, 0.5) is 0 Å². The van der Waals surface area contributed by atoms with Crippen molar-refractivity contribution in [3.8, 4) is 0 Å². The van der Waals surface area contributed by atoms with Crippen molar-refractivity contribution in [1.82, 2.24) is 0 Å². The molecule has 0 N–H and O–H groups in total. The van der Waals surface area contributed by atoms with Crippen molar-refractivity contribution >= 4 is 16.9 Å². The normalized spacial score (nSPS) is 14.4. The lowest BCUT2D eigenvalue weighted by molar-refractivity contribution is 0.0797. The van der Waals surface area contributed by atoms with Gasteiger partial charge in [-0.1, -0.05) is 52.9 Å². The van der Waals surface area contributed by atoms with Crippen molar-refractivity contribution in [2.24, 2.45) is 0 Å². The molecule has 0 unspecified atom stereocenters. The summed E-state index contributed by atoms with van der Waals surface area (Å²) in [4.78, 5) is 0. The summed E-state index contributed by atoms with van der Waals surface area (Å²) in [7, 11) is -4.34. The van der Waals surface area contributed by atoms with E-state index in [9.17, 15) is 0 Å². The van der Waals surface area contributed by atoms with Crippen LogP contribution in [0.1, 0.15) is 67.7 Å². The van der Waals surface area contributed by atoms with Crippen LogP contribution in [0.3, 0.4) is 0 Å². The second-order valence-corrected chi connectivity index (χ2v) is 15.5. The molecule has 0 aliphatic carbocycles. The molecular formula is C18H40O3Si2. The predicted octanol–water partition coefficient (Wildman–Crippen LogP) is 5.74. The van der Waals surface area contributed by atoms with E-state index in [1.54, 1.807) is 0 Å². The molecule has 0 atom stereocenters. The number of rotatable bonds is 11. The van der Waals surface area contributed by atoms with Gasteiger partial charge >= 0.3 is 8.80 Å². The van der Waals surface area contributed by atoms with Crippen molar-refractivity contribution in [2.45, 2.75) is 85.9 Å². The summed E-state index contributed by atoms with van der Waals surface area (Å²) >= 11 is 0. The lowest BCUT2D eigenvalue weighted by Crippen LogP contribution is -2.50. The van der Waals surface area contributed by atoms with Crippen LogP contribution in [0.15, 0.2) is 10.9 Å². The minimum Gasteiger partial charge on any atom is -0.371 e. The molecule has 0 spiro atoms. The van der Waals surface area contributed by atoms with Crippen molar-refractivity contribution in [1.29, 1.82) is 0 Å². The maximum atomic E-state index is 6.18. The van der Waals surface area contributed by atoms with Crippen LogP contribution >= 0.6 is 0 Å². The first-order valence-electron chi connectivity index (χ1n) is 9.24. The van der Waals surface area contributed by atoms with Crippen LogP contribution in [-0.2, 0) is 13.3 Å². The van der Waals surface area contributed by atoms with Crippen LogP contribution in [-0.4, -0.2) is 36.7 Å². The van der Waals surface area contributed by atoms with Gasteiger partial charge in [0.15, 0.2) is 0 Å². The van der Waals surface area contributed by atoms with Crippen LogP contribution in [0, 0.1) is 0 Å². The summed E-state index contributed by atoms with van der Waals surface area (Å²) in [5.74, 6) is 0. The average Bonchev–Trinajstić information content (AvgIpc) is 2.42. The third-order valence-corrected chi connectivity index (χ3v) is 13.1. The van der Waals surface area contributed by atoms with Crippen molar-refractivity contribution in [3.63, 3.8) is 0 Å². The first kappa shape index (κ1) is 23.1. The largest absolute Gasteiger partial charge is 0.532 e. The Morgan fingerprint density at radius 3 is 1.61 bits per heavy atom. The Bertz CT molecular complexity index is 343. The summed E-state index contributed by atoms with van der Waals surface area (Å²) in [5, 5.41) is 1.62. The molecule has 0 fully saturated rings. The van der Waals surface area contributed by atoms with Crippen LogP contribution in [0.25, 0.3) is 0 Å². The molecule has 0 aliphatic heterocycles. The molecule has 0 aromatic rings. The van der Waals surface area contributed by atoms with E-state index in [1.165, 1.54) is 11.6 Å². The van der Waals surface area contributed by atoms with E-state index in [1.807, 2.05) is 20.8 Å². The van der Waals surface area contributed by atoms with Crippen molar-refractivity contribution < 1.29 is 13.3 Å². The number of unbranched alkanes of at least 4 members (excludes halogenated alkanes) is 1. The zero-order valence-corrected chi connectivity index (χ0v) is 19.0. The fraction of sp³-hybridized carbons (Fsp3) is 0.889. The first-order valence-corrected chi connectivity index (χ1v) is 14.0. The Kier molecular flexibility index (Phi) is 10.2. The zero-order valence-electron chi connectivity index (χ0n) is 17.0. The third kappa shape index (κ3) is 6.82. The lowest BCUT2D eigenvalue weighted by Gasteiger charge is -2.38. The molecular weight excluding hydrogens is 320 g/mol. The summed E-state index contributed by atoms with van der Waals surface area (Å²) in [5.41, 5.74) is 2.52. The van der Waals surface area contributed by atoms with Gasteiger partial charge in [0.2, 0.25) is 0 Å². The molecule has 0 saturated heterocycles. The number of allylic oxidation sites excluding steroid dienone is 1. The highest BCUT2D eigenvalue weighted by molar-refractivity contribution is 6.86. The minimum atomic E-state index is -2.75. The van der Waals surface area contributed by atoms with Crippen molar-refractivity contribution in [2.75, 3.05) is 19.8 Å². The lowest BCUT2D eigenvalue weighted by atomic mass is 10.2. The highest BCUT2D eigenvalue weighted by Crippen LogP contribution is 2.39. The van der Waals surface area contributed by atoms with E-state index in [0.29, 0.717) is 24.9 Å². The summed E-state index contributed by atoms with van der Waals surface area (Å²) in [6.45, 7) is 22.1. The van der Waals surface area contributed by atoms with E-state index in [2.05, 4.69) is 46.5 Å². The molecule has 0 aliphatic rings. The molecule has 23 heavy (non-hydrogen) atoms. The molecule has 0 aromatic heterocycles. The van der Waals surface area contributed by atoms with Gasteiger partial charge in [-0.2, -0.15) is 0 Å². The number of hydrogen-bond acceptors (Lipinski definition) is 3. The van der Waals surface area contributed by atoms with Crippen LogP contribution in [0.2, 0.25) is 18.1 Å². The smallest absolute Gasteiger partial charge is 0.371 e. The Morgan fingerprint density at radius 1 is 0.870 bits per heavy atom. The maximum Gasteiger partial charge on any atom is 0.532 e. The monoisotopic (exact) mass is 360 g/mol. The molecule has 138 valence electrons. The maximum absolute atomic E-state index is 6.18. The standard InChI is InChI=1S/C18H40O3Si2/c1-10-14-15-17(16-22(8,9)18(5,6)7)23(19-11-2,20-12-3)21-13-4/h16H,10-15H2,1-9H3/b17-16+. The molecule has 0 radical (unpaired) electrons. The number of hydrogen-bond donors (Lipinski definition) is 0. The van der Waals surface area contributed by atoms with E-state index in [0.717, 1.165) is 12.8 Å². The third-order valence-electron chi connectivity index (χ3n) is 4.66. The summed E-state index contributed by atoms with van der Waals surface area (Å²) in [6.07, 6.45) is 3.35. The summed E-state index contributed by atoms with van der Waals surface area (Å²) < 4.78 is 18.5. The van der Waals surface area contributed by atoms with Gasteiger partial charge in [-0.25, -0.2) is 0 Å². The molecule has 5 heteroatoms. The Labute approximate surface area is 147 Å². The van der Waals surface area contributed by atoms with Gasteiger partial charge in [0.1, 0.15) is 0 Å². The molecule has 0 amide bonds. The van der Waals surface area contributed by atoms with Gasteiger partial charge in [0.25, 0.3) is 0 Å². The van der Waals surface area contributed by atoms with Gasteiger partial charge in [0.05, 0.1) is 8.07 Å². The second kappa shape index (κ2) is 10.1. The topological polar surface area (TPSA) is 27.7 Å². The van der Waals surface area contributed by atoms with E-state index in [-0.39, 0.29) is 0 Å². The highest BCUT2D eigenvalue weighted by atomic mass is 28.4. The SMILES string of the molecule is CCCC/C(=C\[Si](C)(C)C(C)(C)C)[Si](OCC)(OCC)OCC. The van der Waals surface area contributed by atoms with Gasteiger partial charge in [0, 0.05) is 19.8 Å². The fourth-order valence-electron chi connectivity index (χ4n) is 2.31. The van der Waals surface area contributed by atoms with Gasteiger partial charge in [-0.15, -0.1) is 0 Å². The molecule has 0 aromatic carbocycles. The molecule has 0 saturated carbocycles. The van der Waals surface area contributed by atoms with E-state index < -0.39 is 16.9 Å². The molecule has 0 bridgehead atoms. The molecule has 0 heterocycles. The van der Waals surface area contributed by atoms with Gasteiger partial charge in [-0.05, 0) is 43.8 Å². The Balaban J connectivity index is 5.94. The first-order chi connectivity index (χ1) is 10.6. The Hall–Kier alpha value is 0.0538. The molecule has 3 nitrogen and oxygen atoms in total. The van der Waals surface area contributed by atoms with Crippen LogP contribution < -0.4 is 0 Å². The minimum absolute atomic E-state index is 0.301. The fourth-order valence-corrected chi connectivity index (χ4v) is 7.97. The van der Waals surface area contributed by atoms with Gasteiger partial charge < -0.3 is 13.3 Å².